The van der Waals surface area contributed by atoms with Crippen molar-refractivity contribution >= 4 is 6.02 Å². The van der Waals surface area contributed by atoms with Crippen LogP contribution >= 0.6 is 0 Å². The van der Waals surface area contributed by atoms with Crippen LogP contribution in [0.25, 0.3) is 0 Å². The first kappa shape index (κ1) is 10.2. The van der Waals surface area contributed by atoms with Gasteiger partial charge in [-0.1, -0.05) is 0 Å². The molecule has 0 bridgehead atoms. The fourth-order valence-electron chi connectivity index (χ4n) is 1.18. The Bertz CT molecular complexity index is 199. The van der Waals surface area contributed by atoms with Gasteiger partial charge in [0.15, 0.2) is 0 Å². The van der Waals surface area contributed by atoms with E-state index in [0.29, 0.717) is 0 Å². The highest BCUT2D eigenvalue weighted by Crippen LogP contribution is 2.18. The van der Waals surface area contributed by atoms with Gasteiger partial charge in [0.2, 0.25) is 0 Å². The Labute approximate surface area is 74.7 Å². The second-order valence-corrected chi connectivity index (χ2v) is 2.80. The lowest BCUT2D eigenvalue weighted by Crippen LogP contribution is -2.38. The van der Waals surface area contributed by atoms with E-state index < -0.39 is 18.6 Å². The van der Waals surface area contributed by atoms with Gasteiger partial charge in [0.25, 0.3) is 12.4 Å². The molecule has 13 heavy (non-hydrogen) atoms. The molecule has 1 heterocycles. The molecule has 0 amide bonds. The average molecular weight is 194 g/mol. The standard InChI is InChI=1S/C7H12F2N2O2/c1-12-3-4-2-5(6(8)9)11-7(10)13-4/h4-6H,2-3H2,1H3,(H2,10,11)/t4-,5?/m0/s1. The van der Waals surface area contributed by atoms with Crippen molar-refractivity contribution in [2.24, 2.45) is 10.7 Å². The van der Waals surface area contributed by atoms with Gasteiger partial charge < -0.3 is 15.2 Å². The van der Waals surface area contributed by atoms with Gasteiger partial charge in [-0.3, -0.25) is 0 Å². The molecule has 1 unspecified atom stereocenters. The first-order valence-corrected chi connectivity index (χ1v) is 3.90. The fourth-order valence-corrected chi connectivity index (χ4v) is 1.18. The van der Waals surface area contributed by atoms with E-state index >= 15 is 0 Å². The van der Waals surface area contributed by atoms with Crippen LogP contribution in [0.15, 0.2) is 4.99 Å². The molecule has 1 aliphatic heterocycles. The zero-order valence-corrected chi connectivity index (χ0v) is 7.24. The summed E-state index contributed by atoms with van der Waals surface area (Å²) in [6.45, 7) is 0.249. The quantitative estimate of drug-likeness (QED) is 0.706. The van der Waals surface area contributed by atoms with Crippen LogP contribution in [0.4, 0.5) is 8.78 Å². The molecule has 2 N–H and O–H groups in total. The molecule has 6 heteroatoms. The van der Waals surface area contributed by atoms with Crippen LogP contribution in [-0.2, 0) is 9.47 Å². The number of amidine groups is 1. The SMILES string of the molecule is COC[C@@H]1CC(C(F)F)N=C(N)O1. The largest absolute Gasteiger partial charge is 0.460 e. The Morgan fingerprint density at radius 3 is 3.00 bits per heavy atom. The molecular formula is C7H12F2N2O2. The normalized spacial score (nSPS) is 28.5. The van der Waals surface area contributed by atoms with E-state index in [9.17, 15) is 8.78 Å². The van der Waals surface area contributed by atoms with Gasteiger partial charge in [-0.05, 0) is 0 Å². The number of hydrogen-bond acceptors (Lipinski definition) is 4. The highest BCUT2D eigenvalue weighted by molar-refractivity contribution is 5.72. The van der Waals surface area contributed by atoms with Gasteiger partial charge in [0.05, 0.1) is 6.61 Å². The molecule has 0 aromatic heterocycles. The van der Waals surface area contributed by atoms with Gasteiger partial charge in [0.1, 0.15) is 12.1 Å². The van der Waals surface area contributed by atoms with Gasteiger partial charge >= 0.3 is 0 Å². The summed E-state index contributed by atoms with van der Waals surface area (Å²) in [5.74, 6) is 0. The third-order valence-electron chi connectivity index (χ3n) is 1.73. The predicted molar refractivity (Wildman–Crippen MR) is 42.8 cm³/mol. The summed E-state index contributed by atoms with van der Waals surface area (Å²) in [5, 5.41) is 0. The maximum atomic E-state index is 12.2. The van der Waals surface area contributed by atoms with Gasteiger partial charge in [-0.25, -0.2) is 13.8 Å². The topological polar surface area (TPSA) is 56.8 Å². The molecule has 4 nitrogen and oxygen atoms in total. The first-order chi connectivity index (χ1) is 6.13. The molecule has 2 atom stereocenters. The minimum Gasteiger partial charge on any atom is -0.460 e. The second-order valence-electron chi connectivity index (χ2n) is 2.80. The molecule has 0 spiro atoms. The Morgan fingerprint density at radius 1 is 1.77 bits per heavy atom. The number of methoxy groups -OCH3 is 1. The van der Waals surface area contributed by atoms with Crippen LogP contribution in [0.5, 0.6) is 0 Å². The zero-order chi connectivity index (χ0) is 9.84. The number of nitrogens with zero attached hydrogens (tertiary/aromatic N) is 1. The summed E-state index contributed by atoms with van der Waals surface area (Å²) in [6, 6.07) is -1.24. The van der Waals surface area contributed by atoms with Crippen molar-refractivity contribution in [3.05, 3.63) is 0 Å². The number of alkyl halides is 2. The number of rotatable bonds is 3. The molecule has 0 fully saturated rings. The lowest BCUT2D eigenvalue weighted by atomic mass is 10.1. The number of ether oxygens (including phenoxy) is 2. The van der Waals surface area contributed by atoms with Crippen molar-refractivity contribution in [3.63, 3.8) is 0 Å². The van der Waals surface area contributed by atoms with E-state index in [2.05, 4.69) is 4.99 Å². The summed E-state index contributed by atoms with van der Waals surface area (Å²) >= 11 is 0. The summed E-state index contributed by atoms with van der Waals surface area (Å²) in [6.07, 6.45) is -2.77. The maximum Gasteiger partial charge on any atom is 0.282 e. The van der Waals surface area contributed by atoms with E-state index in [-0.39, 0.29) is 19.0 Å². The lowest BCUT2D eigenvalue weighted by Gasteiger charge is -2.25. The molecule has 0 saturated carbocycles. The average Bonchev–Trinajstić information content (AvgIpc) is 2.03. The van der Waals surface area contributed by atoms with Crippen LogP contribution in [0, 0.1) is 0 Å². The highest BCUT2D eigenvalue weighted by Gasteiger charge is 2.29. The van der Waals surface area contributed by atoms with Crippen molar-refractivity contribution in [1.29, 1.82) is 0 Å². The van der Waals surface area contributed by atoms with E-state index in [4.69, 9.17) is 15.2 Å². The third kappa shape index (κ3) is 2.80. The number of hydrogen-bond donors (Lipinski definition) is 1. The van der Waals surface area contributed by atoms with E-state index in [0.717, 1.165) is 0 Å². The zero-order valence-electron chi connectivity index (χ0n) is 7.24. The number of halogens is 2. The van der Waals surface area contributed by atoms with E-state index in [1.165, 1.54) is 7.11 Å². The molecule has 0 radical (unpaired) electrons. The van der Waals surface area contributed by atoms with Crippen molar-refractivity contribution in [1.82, 2.24) is 0 Å². The van der Waals surface area contributed by atoms with Crippen LogP contribution in [0.2, 0.25) is 0 Å². The summed E-state index contributed by atoms with van der Waals surface area (Å²) in [7, 11) is 1.47. The van der Waals surface area contributed by atoms with Crippen LogP contribution in [0.1, 0.15) is 6.42 Å². The highest BCUT2D eigenvalue weighted by atomic mass is 19.3. The summed E-state index contributed by atoms with van der Waals surface area (Å²) in [4.78, 5) is 3.48. The molecule has 76 valence electrons. The Hall–Kier alpha value is -0.910. The van der Waals surface area contributed by atoms with Crippen molar-refractivity contribution in [2.75, 3.05) is 13.7 Å². The number of nitrogens with two attached hydrogens (primary N) is 1. The lowest BCUT2D eigenvalue weighted by molar-refractivity contribution is 0.0232. The Kier molecular flexibility index (Phi) is 3.41. The molecule has 1 aliphatic rings. The summed E-state index contributed by atoms with van der Waals surface area (Å²) < 4.78 is 34.3. The second kappa shape index (κ2) is 4.36. The third-order valence-corrected chi connectivity index (χ3v) is 1.73. The van der Waals surface area contributed by atoms with Crippen LogP contribution in [-0.4, -0.2) is 38.3 Å². The molecule has 1 rings (SSSR count). The molecule has 0 aromatic rings. The van der Waals surface area contributed by atoms with E-state index in [1.807, 2.05) is 0 Å². The molecular weight excluding hydrogens is 182 g/mol. The molecule has 0 aromatic carbocycles. The van der Waals surface area contributed by atoms with E-state index in [1.54, 1.807) is 0 Å². The molecule has 0 aliphatic carbocycles. The smallest absolute Gasteiger partial charge is 0.282 e. The van der Waals surface area contributed by atoms with Gasteiger partial charge in [-0.15, -0.1) is 0 Å². The minimum atomic E-state index is -2.50. The van der Waals surface area contributed by atoms with Crippen molar-refractivity contribution < 1.29 is 18.3 Å². The monoisotopic (exact) mass is 194 g/mol. The van der Waals surface area contributed by atoms with Crippen LogP contribution in [0.3, 0.4) is 0 Å². The van der Waals surface area contributed by atoms with Gasteiger partial charge in [0, 0.05) is 13.5 Å². The van der Waals surface area contributed by atoms with Crippen LogP contribution < -0.4 is 5.73 Å². The Balaban J connectivity index is 2.55. The Morgan fingerprint density at radius 2 is 2.46 bits per heavy atom. The first-order valence-electron chi connectivity index (χ1n) is 3.90. The van der Waals surface area contributed by atoms with Gasteiger partial charge in [-0.2, -0.15) is 0 Å². The van der Waals surface area contributed by atoms with Crippen molar-refractivity contribution in [2.45, 2.75) is 25.0 Å². The number of aliphatic imine (C=N–C) groups is 1. The predicted octanol–water partition coefficient (Wildman–Crippen LogP) is 0.370. The van der Waals surface area contributed by atoms with Crippen molar-refractivity contribution in [3.8, 4) is 0 Å². The maximum absolute atomic E-state index is 12.2. The summed E-state index contributed by atoms with van der Waals surface area (Å²) in [5.41, 5.74) is 5.22. The fraction of sp³-hybridized carbons (Fsp3) is 0.857. The minimum absolute atomic E-state index is 0.145. The molecule has 0 saturated heterocycles.